The van der Waals surface area contributed by atoms with Crippen molar-refractivity contribution in [3.8, 4) is 0 Å². The van der Waals surface area contributed by atoms with E-state index in [1.807, 2.05) is 17.2 Å². The summed E-state index contributed by atoms with van der Waals surface area (Å²) in [5.74, 6) is 0.870. The first kappa shape index (κ1) is 18.0. The molecule has 0 atom stereocenters. The van der Waals surface area contributed by atoms with Crippen molar-refractivity contribution in [3.63, 3.8) is 0 Å². The Morgan fingerprint density at radius 1 is 1.25 bits per heavy atom. The van der Waals surface area contributed by atoms with Gasteiger partial charge in [0.25, 0.3) is 5.91 Å². The van der Waals surface area contributed by atoms with Crippen molar-refractivity contribution in [3.05, 3.63) is 22.4 Å². The summed E-state index contributed by atoms with van der Waals surface area (Å²) in [6.45, 7) is 10.9. The number of rotatable bonds is 4. The van der Waals surface area contributed by atoms with E-state index in [-0.39, 0.29) is 11.9 Å². The first-order valence-corrected chi connectivity index (χ1v) is 9.80. The van der Waals surface area contributed by atoms with E-state index in [9.17, 15) is 4.79 Å². The highest BCUT2D eigenvalue weighted by Gasteiger charge is 2.27. The van der Waals surface area contributed by atoms with E-state index >= 15 is 0 Å². The van der Waals surface area contributed by atoms with Gasteiger partial charge in [0.2, 0.25) is 0 Å². The first-order chi connectivity index (χ1) is 11.5. The summed E-state index contributed by atoms with van der Waals surface area (Å²) in [6, 6.07) is 2.23. The molecule has 5 nitrogen and oxygen atoms in total. The Balaban J connectivity index is 1.55. The lowest BCUT2D eigenvalue weighted by atomic mass is 9.96. The summed E-state index contributed by atoms with van der Waals surface area (Å²) in [7, 11) is 0. The van der Waals surface area contributed by atoms with Crippen LogP contribution in [0.3, 0.4) is 0 Å². The lowest BCUT2D eigenvalue weighted by Crippen LogP contribution is -2.44. The second kappa shape index (κ2) is 8.02. The van der Waals surface area contributed by atoms with E-state index in [4.69, 9.17) is 4.74 Å². The minimum absolute atomic E-state index is 0.166. The zero-order valence-corrected chi connectivity index (χ0v) is 16.3. The van der Waals surface area contributed by atoms with Gasteiger partial charge in [-0.15, -0.1) is 0 Å². The number of carbonyl (C=O) groups is 1. The van der Waals surface area contributed by atoms with Crippen LogP contribution in [0, 0.1) is 5.92 Å². The molecule has 24 heavy (non-hydrogen) atoms. The summed E-state index contributed by atoms with van der Waals surface area (Å²) in [5.41, 5.74) is 0.795. The summed E-state index contributed by atoms with van der Waals surface area (Å²) < 4.78 is 8.45. The van der Waals surface area contributed by atoms with Crippen LogP contribution in [-0.2, 0) is 4.74 Å². The molecule has 2 aliphatic heterocycles. The number of morpholine rings is 1. The van der Waals surface area contributed by atoms with E-state index in [1.54, 1.807) is 0 Å². The Morgan fingerprint density at radius 3 is 2.54 bits per heavy atom. The maximum Gasteiger partial charge on any atom is 0.270 e. The van der Waals surface area contributed by atoms with Crippen LogP contribution >= 0.6 is 15.9 Å². The molecule has 0 aromatic carbocycles. The quantitative estimate of drug-likeness (QED) is 0.783. The largest absolute Gasteiger partial charge is 0.379 e. The van der Waals surface area contributed by atoms with Crippen molar-refractivity contribution in [1.82, 2.24) is 14.4 Å². The number of hydrogen-bond donors (Lipinski definition) is 0. The van der Waals surface area contributed by atoms with Crippen LogP contribution in [0.25, 0.3) is 0 Å². The van der Waals surface area contributed by atoms with Crippen LogP contribution in [0.1, 0.15) is 43.2 Å². The molecule has 1 aromatic rings. The summed E-state index contributed by atoms with van der Waals surface area (Å²) >= 11 is 3.50. The molecule has 0 aliphatic carbocycles. The normalized spacial score (nSPS) is 20.8. The highest BCUT2D eigenvalue weighted by atomic mass is 79.9. The molecule has 1 aromatic heterocycles. The SMILES string of the molecule is CC(C)n1cc(Br)cc1C(=O)N1CCC(CN2CCOCC2)CC1. The topological polar surface area (TPSA) is 37.7 Å². The minimum Gasteiger partial charge on any atom is -0.379 e. The molecule has 3 rings (SSSR count). The van der Waals surface area contributed by atoms with Gasteiger partial charge in [-0.2, -0.15) is 0 Å². The summed E-state index contributed by atoms with van der Waals surface area (Å²) in [5, 5.41) is 0. The minimum atomic E-state index is 0.166. The predicted octanol–water partition coefficient (Wildman–Crippen LogP) is 3.02. The van der Waals surface area contributed by atoms with Crippen molar-refractivity contribution in [2.75, 3.05) is 45.9 Å². The number of nitrogens with zero attached hydrogens (tertiary/aromatic N) is 3. The molecule has 2 saturated heterocycles. The predicted molar refractivity (Wildman–Crippen MR) is 98.4 cm³/mol. The molecule has 0 spiro atoms. The molecule has 0 bridgehead atoms. The number of halogens is 1. The fourth-order valence-corrected chi connectivity index (χ4v) is 4.11. The molecule has 0 N–H and O–H groups in total. The molecule has 0 unspecified atom stereocenters. The van der Waals surface area contributed by atoms with E-state index in [0.29, 0.717) is 5.92 Å². The van der Waals surface area contributed by atoms with Crippen molar-refractivity contribution in [1.29, 1.82) is 0 Å². The summed E-state index contributed by atoms with van der Waals surface area (Å²) in [6.07, 6.45) is 4.21. The molecule has 1 amide bonds. The first-order valence-electron chi connectivity index (χ1n) is 9.01. The maximum atomic E-state index is 12.9. The third-order valence-corrected chi connectivity index (χ3v) is 5.55. The van der Waals surface area contributed by atoms with Crippen LogP contribution in [0.15, 0.2) is 16.7 Å². The average Bonchev–Trinajstić information content (AvgIpc) is 2.98. The van der Waals surface area contributed by atoms with Gasteiger partial charge in [-0.3, -0.25) is 9.69 Å². The van der Waals surface area contributed by atoms with Gasteiger partial charge in [0, 0.05) is 49.4 Å². The van der Waals surface area contributed by atoms with Crippen molar-refractivity contribution < 1.29 is 9.53 Å². The van der Waals surface area contributed by atoms with Gasteiger partial charge >= 0.3 is 0 Å². The fraction of sp³-hybridized carbons (Fsp3) is 0.722. The average molecular weight is 398 g/mol. The zero-order valence-electron chi connectivity index (χ0n) is 14.7. The monoisotopic (exact) mass is 397 g/mol. The Labute approximate surface area is 153 Å². The van der Waals surface area contributed by atoms with Crippen LogP contribution in [0.2, 0.25) is 0 Å². The van der Waals surface area contributed by atoms with Gasteiger partial charge < -0.3 is 14.2 Å². The molecular weight excluding hydrogens is 370 g/mol. The molecule has 0 saturated carbocycles. The van der Waals surface area contributed by atoms with Crippen molar-refractivity contribution >= 4 is 21.8 Å². The van der Waals surface area contributed by atoms with Gasteiger partial charge in [0.15, 0.2) is 0 Å². The van der Waals surface area contributed by atoms with Gasteiger partial charge in [-0.1, -0.05) is 0 Å². The highest BCUT2D eigenvalue weighted by molar-refractivity contribution is 9.10. The Hall–Kier alpha value is -0.850. The van der Waals surface area contributed by atoms with Crippen molar-refractivity contribution in [2.45, 2.75) is 32.7 Å². The van der Waals surface area contributed by atoms with E-state index < -0.39 is 0 Å². The van der Waals surface area contributed by atoms with Crippen LogP contribution in [-0.4, -0.2) is 66.2 Å². The third-order valence-electron chi connectivity index (χ3n) is 5.11. The smallest absolute Gasteiger partial charge is 0.270 e. The van der Waals surface area contributed by atoms with Gasteiger partial charge in [-0.05, 0) is 54.6 Å². The second-order valence-corrected chi connectivity index (χ2v) is 8.11. The zero-order chi connectivity index (χ0) is 17.1. The second-order valence-electron chi connectivity index (χ2n) is 7.19. The van der Waals surface area contributed by atoms with E-state index in [0.717, 1.165) is 68.9 Å². The lowest BCUT2D eigenvalue weighted by Gasteiger charge is -2.36. The summed E-state index contributed by atoms with van der Waals surface area (Å²) in [4.78, 5) is 17.4. The standard InChI is InChI=1S/C18H28BrN3O2/c1-14(2)22-13-16(19)11-17(22)18(23)21-5-3-15(4-6-21)12-20-7-9-24-10-8-20/h11,13-15H,3-10,12H2,1-2H3. The van der Waals surface area contributed by atoms with Gasteiger partial charge in [-0.25, -0.2) is 0 Å². The molecule has 2 fully saturated rings. The molecule has 6 heteroatoms. The number of piperidine rings is 1. The Bertz CT molecular complexity index is 559. The van der Waals surface area contributed by atoms with Crippen LogP contribution in [0.4, 0.5) is 0 Å². The Morgan fingerprint density at radius 2 is 1.92 bits per heavy atom. The molecule has 2 aliphatic rings. The number of carbonyl (C=O) groups excluding carboxylic acids is 1. The molecule has 134 valence electrons. The number of aromatic nitrogens is 1. The lowest BCUT2D eigenvalue weighted by molar-refractivity contribution is 0.0242. The number of ether oxygens (including phenoxy) is 1. The van der Waals surface area contributed by atoms with Crippen LogP contribution < -0.4 is 0 Å². The van der Waals surface area contributed by atoms with Crippen molar-refractivity contribution in [2.24, 2.45) is 5.92 Å². The van der Waals surface area contributed by atoms with Gasteiger partial charge in [0.05, 0.1) is 13.2 Å². The molecule has 0 radical (unpaired) electrons. The Kier molecular flexibility index (Phi) is 6.00. The van der Waals surface area contributed by atoms with Crippen LogP contribution in [0.5, 0.6) is 0 Å². The number of hydrogen-bond acceptors (Lipinski definition) is 3. The molecular formula is C18H28BrN3O2. The van der Waals surface area contributed by atoms with Gasteiger partial charge in [0.1, 0.15) is 5.69 Å². The number of amides is 1. The molecule has 3 heterocycles. The number of likely N-dealkylation sites (tertiary alicyclic amines) is 1. The van der Waals surface area contributed by atoms with E-state index in [1.165, 1.54) is 0 Å². The fourth-order valence-electron chi connectivity index (χ4n) is 3.67. The van der Waals surface area contributed by atoms with E-state index in [2.05, 4.69) is 39.2 Å². The maximum absolute atomic E-state index is 12.9. The third kappa shape index (κ3) is 4.21. The highest BCUT2D eigenvalue weighted by Crippen LogP contribution is 2.24.